The quantitative estimate of drug-likeness (QED) is 0.837. The van der Waals surface area contributed by atoms with Gasteiger partial charge in [-0.2, -0.15) is 0 Å². The summed E-state index contributed by atoms with van der Waals surface area (Å²) in [5.74, 6) is -0.363. The van der Waals surface area contributed by atoms with Crippen molar-refractivity contribution in [3.05, 3.63) is 0 Å². The van der Waals surface area contributed by atoms with Crippen LogP contribution < -0.4 is 5.32 Å². The smallest absolute Gasteiger partial charge is 0.326 e. The van der Waals surface area contributed by atoms with E-state index in [2.05, 4.69) is 12.2 Å². The Morgan fingerprint density at radius 1 is 1.30 bits per heavy atom. The predicted octanol–water partition coefficient (Wildman–Crippen LogP) is 2.71. The molecule has 20 heavy (non-hydrogen) atoms. The van der Waals surface area contributed by atoms with E-state index in [1.54, 1.807) is 11.9 Å². The molecule has 1 aliphatic carbocycles. The Kier molecular flexibility index (Phi) is 5.42. The number of rotatable bonds is 3. The number of urea groups is 1. The summed E-state index contributed by atoms with van der Waals surface area (Å²) < 4.78 is 0. The highest BCUT2D eigenvalue weighted by molar-refractivity contribution is 5.83. The van der Waals surface area contributed by atoms with Crippen molar-refractivity contribution in [2.75, 3.05) is 7.05 Å². The van der Waals surface area contributed by atoms with E-state index in [9.17, 15) is 14.7 Å². The number of nitrogens with one attached hydrogen (secondary N) is 1. The van der Waals surface area contributed by atoms with Gasteiger partial charge in [-0.25, -0.2) is 9.59 Å². The Bertz CT molecular complexity index is 363. The summed E-state index contributed by atoms with van der Waals surface area (Å²) in [5.41, 5.74) is -0.512. The number of hydrogen-bond acceptors (Lipinski definition) is 2. The number of aliphatic carboxylic acids is 1. The standard InChI is InChI=1S/C15H28N2O3/c1-10-7-6-8-11(9-10)17(5)14(20)16-12(13(18)19)15(2,3)4/h10-12H,6-9H2,1-5H3,(H,16,20)(H,18,19). The lowest BCUT2D eigenvalue weighted by molar-refractivity contribution is -0.142. The lowest BCUT2D eigenvalue weighted by Gasteiger charge is -2.36. The van der Waals surface area contributed by atoms with Gasteiger partial charge in [0.1, 0.15) is 6.04 Å². The van der Waals surface area contributed by atoms with E-state index in [4.69, 9.17) is 0 Å². The number of carbonyl (C=O) groups excluding carboxylic acids is 1. The SMILES string of the molecule is CC1CCCC(N(C)C(=O)NC(C(=O)O)C(C)(C)C)C1. The van der Waals surface area contributed by atoms with Crippen LogP contribution >= 0.6 is 0 Å². The number of carboxylic acid groups (broad SMARTS) is 1. The van der Waals surface area contributed by atoms with Crippen molar-refractivity contribution in [3.8, 4) is 0 Å². The molecule has 1 saturated carbocycles. The van der Waals surface area contributed by atoms with E-state index < -0.39 is 17.4 Å². The van der Waals surface area contributed by atoms with Crippen LogP contribution in [0.1, 0.15) is 53.4 Å². The van der Waals surface area contributed by atoms with Gasteiger partial charge in [0.15, 0.2) is 0 Å². The Labute approximate surface area is 121 Å². The van der Waals surface area contributed by atoms with Gasteiger partial charge in [-0.05, 0) is 24.2 Å². The van der Waals surface area contributed by atoms with Crippen molar-refractivity contribution in [1.29, 1.82) is 0 Å². The van der Waals surface area contributed by atoms with Crippen LogP contribution in [0.4, 0.5) is 4.79 Å². The minimum atomic E-state index is -0.990. The highest BCUT2D eigenvalue weighted by Gasteiger charge is 2.34. The molecule has 1 fully saturated rings. The van der Waals surface area contributed by atoms with Crippen molar-refractivity contribution >= 4 is 12.0 Å². The Morgan fingerprint density at radius 2 is 1.90 bits per heavy atom. The highest BCUT2D eigenvalue weighted by atomic mass is 16.4. The van der Waals surface area contributed by atoms with Gasteiger partial charge in [0.05, 0.1) is 0 Å². The van der Waals surface area contributed by atoms with Gasteiger partial charge in [0.2, 0.25) is 0 Å². The number of carbonyl (C=O) groups is 2. The van der Waals surface area contributed by atoms with Crippen LogP contribution in [-0.4, -0.2) is 41.1 Å². The molecule has 1 rings (SSSR count). The number of nitrogens with zero attached hydrogens (tertiary/aromatic N) is 1. The zero-order valence-electron chi connectivity index (χ0n) is 13.3. The highest BCUT2D eigenvalue weighted by Crippen LogP contribution is 2.27. The largest absolute Gasteiger partial charge is 0.480 e. The van der Waals surface area contributed by atoms with Crippen LogP contribution in [0.3, 0.4) is 0 Å². The summed E-state index contributed by atoms with van der Waals surface area (Å²) in [6.07, 6.45) is 4.34. The van der Waals surface area contributed by atoms with Gasteiger partial charge >= 0.3 is 12.0 Å². The molecule has 0 aromatic heterocycles. The minimum Gasteiger partial charge on any atom is -0.480 e. The maximum absolute atomic E-state index is 12.3. The molecule has 0 aromatic carbocycles. The number of carboxylic acids is 1. The maximum Gasteiger partial charge on any atom is 0.326 e. The van der Waals surface area contributed by atoms with Crippen LogP contribution in [0.15, 0.2) is 0 Å². The van der Waals surface area contributed by atoms with Crippen molar-refractivity contribution in [2.45, 2.75) is 65.5 Å². The summed E-state index contributed by atoms with van der Waals surface area (Å²) >= 11 is 0. The molecule has 0 saturated heterocycles. The van der Waals surface area contributed by atoms with Crippen molar-refractivity contribution in [1.82, 2.24) is 10.2 Å². The molecule has 0 spiro atoms. The average Bonchev–Trinajstić information content (AvgIpc) is 2.32. The lowest BCUT2D eigenvalue weighted by Crippen LogP contribution is -2.54. The zero-order valence-corrected chi connectivity index (χ0v) is 13.3. The van der Waals surface area contributed by atoms with Gasteiger partial charge in [0.25, 0.3) is 0 Å². The van der Waals surface area contributed by atoms with Crippen molar-refractivity contribution in [2.24, 2.45) is 11.3 Å². The first-order valence-electron chi connectivity index (χ1n) is 7.39. The maximum atomic E-state index is 12.3. The molecule has 2 N–H and O–H groups in total. The van der Waals surface area contributed by atoms with Gasteiger partial charge in [-0.3, -0.25) is 0 Å². The Morgan fingerprint density at radius 3 is 2.35 bits per heavy atom. The lowest BCUT2D eigenvalue weighted by atomic mass is 9.86. The second-order valence-corrected chi connectivity index (χ2v) is 7.12. The van der Waals surface area contributed by atoms with Gasteiger partial charge in [-0.15, -0.1) is 0 Å². The normalized spacial score (nSPS) is 24.9. The van der Waals surface area contributed by atoms with Gasteiger partial charge in [-0.1, -0.05) is 40.5 Å². The molecule has 0 heterocycles. The third-order valence-corrected chi connectivity index (χ3v) is 4.16. The fraction of sp³-hybridized carbons (Fsp3) is 0.867. The molecule has 116 valence electrons. The van der Waals surface area contributed by atoms with Crippen LogP contribution in [0.5, 0.6) is 0 Å². The second kappa shape index (κ2) is 6.46. The molecule has 5 nitrogen and oxygen atoms in total. The number of hydrogen-bond donors (Lipinski definition) is 2. The van der Waals surface area contributed by atoms with E-state index in [0.717, 1.165) is 19.3 Å². The monoisotopic (exact) mass is 284 g/mol. The van der Waals surface area contributed by atoms with Gasteiger partial charge < -0.3 is 15.3 Å². The van der Waals surface area contributed by atoms with Crippen LogP contribution in [0.2, 0.25) is 0 Å². The molecule has 5 heteroatoms. The summed E-state index contributed by atoms with van der Waals surface area (Å²) in [6, 6.07) is -0.946. The van der Waals surface area contributed by atoms with E-state index in [-0.39, 0.29) is 12.1 Å². The van der Waals surface area contributed by atoms with E-state index in [1.807, 2.05) is 20.8 Å². The van der Waals surface area contributed by atoms with Crippen LogP contribution in [0, 0.1) is 11.3 Å². The molecule has 0 bridgehead atoms. The molecule has 3 atom stereocenters. The molecule has 2 amide bonds. The topological polar surface area (TPSA) is 69.6 Å². The average molecular weight is 284 g/mol. The first-order valence-corrected chi connectivity index (χ1v) is 7.39. The second-order valence-electron chi connectivity index (χ2n) is 7.12. The number of amides is 2. The zero-order chi connectivity index (χ0) is 15.5. The van der Waals surface area contributed by atoms with Crippen LogP contribution in [0.25, 0.3) is 0 Å². The van der Waals surface area contributed by atoms with Crippen molar-refractivity contribution in [3.63, 3.8) is 0 Å². The Balaban J connectivity index is 2.66. The van der Waals surface area contributed by atoms with Crippen LogP contribution in [-0.2, 0) is 4.79 Å². The molecule has 0 radical (unpaired) electrons. The van der Waals surface area contributed by atoms with Crippen molar-refractivity contribution < 1.29 is 14.7 Å². The van der Waals surface area contributed by atoms with E-state index in [1.165, 1.54) is 6.42 Å². The third kappa shape index (κ3) is 4.39. The summed E-state index contributed by atoms with van der Waals surface area (Å²) in [6.45, 7) is 7.64. The molecular weight excluding hydrogens is 256 g/mol. The fourth-order valence-corrected chi connectivity index (χ4v) is 2.79. The van der Waals surface area contributed by atoms with E-state index >= 15 is 0 Å². The molecule has 1 aliphatic rings. The Hall–Kier alpha value is -1.26. The summed E-state index contributed by atoms with van der Waals surface area (Å²) in [4.78, 5) is 25.2. The first kappa shape index (κ1) is 16.8. The molecular formula is C15H28N2O3. The van der Waals surface area contributed by atoms with Gasteiger partial charge in [0, 0.05) is 13.1 Å². The fourth-order valence-electron chi connectivity index (χ4n) is 2.79. The molecule has 0 aromatic rings. The minimum absolute atomic E-state index is 0.216. The predicted molar refractivity (Wildman–Crippen MR) is 78.6 cm³/mol. The third-order valence-electron chi connectivity index (χ3n) is 4.16. The first-order chi connectivity index (χ1) is 9.12. The summed E-state index contributed by atoms with van der Waals surface area (Å²) in [7, 11) is 1.76. The molecule has 0 aliphatic heterocycles. The molecule has 3 unspecified atom stereocenters. The summed E-state index contributed by atoms with van der Waals surface area (Å²) in [5, 5.41) is 11.9. The van der Waals surface area contributed by atoms with E-state index in [0.29, 0.717) is 5.92 Å².